The standard InChI is InChI=1S/C9H6N4O2.C2H6/c14-9(15)4-1-10-8-6(4)7-5(2-11-8)12-3-13-7;1-2/h1-3H,(H,10,11)(H,12,13)(H,14,15);1-2H3. The van der Waals surface area contributed by atoms with Crippen molar-refractivity contribution in [2.45, 2.75) is 13.8 Å². The van der Waals surface area contributed by atoms with Crippen LogP contribution in [0.3, 0.4) is 0 Å². The molecule has 0 bridgehead atoms. The summed E-state index contributed by atoms with van der Waals surface area (Å²) < 4.78 is 0. The molecule has 0 atom stereocenters. The molecule has 0 saturated heterocycles. The van der Waals surface area contributed by atoms with Gasteiger partial charge in [-0.2, -0.15) is 0 Å². The number of hydrogen-bond acceptors (Lipinski definition) is 3. The van der Waals surface area contributed by atoms with Gasteiger partial charge in [0, 0.05) is 6.20 Å². The number of nitrogens with one attached hydrogen (secondary N) is 2. The molecule has 6 nitrogen and oxygen atoms in total. The molecule has 0 aliphatic carbocycles. The number of carboxylic acids is 1. The Hall–Kier alpha value is -2.37. The zero-order chi connectivity index (χ0) is 12.4. The van der Waals surface area contributed by atoms with Crippen LogP contribution in [0.1, 0.15) is 24.2 Å². The Bertz CT molecular complexity index is 668. The molecule has 0 fully saturated rings. The summed E-state index contributed by atoms with van der Waals surface area (Å²) >= 11 is 0. The van der Waals surface area contributed by atoms with Crippen molar-refractivity contribution < 1.29 is 9.90 Å². The second-order valence-electron chi connectivity index (χ2n) is 3.15. The summed E-state index contributed by atoms with van der Waals surface area (Å²) in [5.41, 5.74) is 2.07. The molecule has 3 heterocycles. The Labute approximate surface area is 96.7 Å². The predicted molar refractivity (Wildman–Crippen MR) is 64.1 cm³/mol. The molecule has 0 spiro atoms. The maximum atomic E-state index is 11.0. The largest absolute Gasteiger partial charge is 0.478 e. The molecule has 88 valence electrons. The molecule has 0 unspecified atom stereocenters. The van der Waals surface area contributed by atoms with Gasteiger partial charge < -0.3 is 15.1 Å². The summed E-state index contributed by atoms with van der Waals surface area (Å²) in [6.45, 7) is 4.00. The average molecular weight is 232 g/mol. The lowest BCUT2D eigenvalue weighted by atomic mass is 10.2. The average Bonchev–Trinajstić information content (AvgIpc) is 2.96. The highest BCUT2D eigenvalue weighted by Gasteiger charge is 2.15. The van der Waals surface area contributed by atoms with Crippen molar-refractivity contribution in [3.8, 4) is 0 Å². The third-order valence-electron chi connectivity index (χ3n) is 2.32. The fourth-order valence-corrected chi connectivity index (χ4v) is 1.65. The normalized spacial score (nSPS) is 10.2. The van der Waals surface area contributed by atoms with Gasteiger partial charge in [-0.15, -0.1) is 0 Å². The van der Waals surface area contributed by atoms with E-state index in [-0.39, 0.29) is 5.56 Å². The zero-order valence-corrected chi connectivity index (χ0v) is 9.48. The fraction of sp³-hybridized carbons (Fsp3) is 0.182. The molecule has 6 heteroatoms. The van der Waals surface area contributed by atoms with Gasteiger partial charge in [-0.05, 0) is 0 Å². The summed E-state index contributed by atoms with van der Waals surface area (Å²) in [7, 11) is 0. The van der Waals surface area contributed by atoms with Gasteiger partial charge in [0.1, 0.15) is 11.2 Å². The number of nitrogens with zero attached hydrogens (tertiary/aromatic N) is 2. The first kappa shape index (κ1) is 11.1. The number of aromatic nitrogens is 4. The molecule has 0 aromatic carbocycles. The van der Waals surface area contributed by atoms with Crippen molar-refractivity contribution in [2.24, 2.45) is 0 Å². The Morgan fingerprint density at radius 1 is 1.29 bits per heavy atom. The number of carbonyl (C=O) groups is 1. The van der Waals surface area contributed by atoms with Crippen molar-refractivity contribution in [2.75, 3.05) is 0 Å². The highest BCUT2D eigenvalue weighted by Crippen LogP contribution is 2.23. The molecule has 0 amide bonds. The van der Waals surface area contributed by atoms with Crippen LogP contribution in [-0.2, 0) is 0 Å². The molecular formula is C11H12N4O2. The second-order valence-corrected chi connectivity index (χ2v) is 3.15. The van der Waals surface area contributed by atoms with Crippen LogP contribution in [-0.4, -0.2) is 31.0 Å². The van der Waals surface area contributed by atoms with E-state index in [0.717, 1.165) is 5.52 Å². The van der Waals surface area contributed by atoms with Crippen LogP contribution in [0.4, 0.5) is 0 Å². The molecular weight excluding hydrogens is 220 g/mol. The van der Waals surface area contributed by atoms with Gasteiger partial charge in [0.2, 0.25) is 0 Å². The van der Waals surface area contributed by atoms with Crippen molar-refractivity contribution in [3.63, 3.8) is 0 Å². The maximum absolute atomic E-state index is 11.0. The molecule has 0 aliphatic rings. The first-order valence-corrected chi connectivity index (χ1v) is 5.30. The van der Waals surface area contributed by atoms with Gasteiger partial charge in [-0.25, -0.2) is 14.8 Å². The summed E-state index contributed by atoms with van der Waals surface area (Å²) in [5, 5.41) is 9.53. The Morgan fingerprint density at radius 2 is 2.06 bits per heavy atom. The van der Waals surface area contributed by atoms with Gasteiger partial charge in [0.15, 0.2) is 0 Å². The quantitative estimate of drug-likeness (QED) is 0.599. The number of fused-ring (bicyclic) bond motifs is 3. The van der Waals surface area contributed by atoms with Crippen LogP contribution < -0.4 is 0 Å². The molecule has 0 radical (unpaired) electrons. The van der Waals surface area contributed by atoms with Crippen molar-refractivity contribution >= 4 is 28.0 Å². The SMILES string of the molecule is CC.O=C(O)c1c[nH]c2ncc3[nH]cnc3c12. The lowest BCUT2D eigenvalue weighted by Gasteiger charge is -1.93. The Kier molecular flexibility index (Phi) is 2.78. The van der Waals surface area contributed by atoms with E-state index in [1.807, 2.05) is 13.8 Å². The third kappa shape index (κ3) is 1.63. The van der Waals surface area contributed by atoms with Gasteiger partial charge in [0.25, 0.3) is 0 Å². The van der Waals surface area contributed by atoms with E-state index >= 15 is 0 Å². The van der Waals surface area contributed by atoms with E-state index in [0.29, 0.717) is 16.6 Å². The van der Waals surface area contributed by atoms with Crippen LogP contribution in [0, 0.1) is 0 Å². The number of aromatic carboxylic acids is 1. The lowest BCUT2D eigenvalue weighted by molar-refractivity contribution is 0.0699. The number of H-pyrrole nitrogens is 2. The van der Waals surface area contributed by atoms with E-state index in [1.165, 1.54) is 12.5 Å². The summed E-state index contributed by atoms with van der Waals surface area (Å²) in [4.78, 5) is 24.8. The molecule has 3 aromatic rings. The summed E-state index contributed by atoms with van der Waals surface area (Å²) in [6.07, 6.45) is 4.56. The molecule has 3 N–H and O–H groups in total. The van der Waals surface area contributed by atoms with Gasteiger partial charge in [-0.1, -0.05) is 13.8 Å². The molecule has 3 rings (SSSR count). The summed E-state index contributed by atoms with van der Waals surface area (Å²) in [6, 6.07) is 0. The fourth-order valence-electron chi connectivity index (χ4n) is 1.65. The van der Waals surface area contributed by atoms with Gasteiger partial charge in [0.05, 0.1) is 29.0 Å². The minimum atomic E-state index is -0.987. The second kappa shape index (κ2) is 4.25. The van der Waals surface area contributed by atoms with E-state index in [1.54, 1.807) is 6.20 Å². The molecule has 0 aliphatic heterocycles. The van der Waals surface area contributed by atoms with Crippen LogP contribution in [0.25, 0.3) is 22.1 Å². The van der Waals surface area contributed by atoms with Gasteiger partial charge in [-0.3, -0.25) is 0 Å². The predicted octanol–water partition coefficient (Wildman–Crippen LogP) is 2.16. The smallest absolute Gasteiger partial charge is 0.338 e. The van der Waals surface area contributed by atoms with E-state index in [9.17, 15) is 4.79 Å². The summed E-state index contributed by atoms with van der Waals surface area (Å²) in [5.74, 6) is -0.987. The van der Waals surface area contributed by atoms with Gasteiger partial charge >= 0.3 is 5.97 Å². The molecule has 0 saturated carbocycles. The van der Waals surface area contributed by atoms with Crippen molar-refractivity contribution in [1.29, 1.82) is 0 Å². The third-order valence-corrected chi connectivity index (χ3v) is 2.32. The number of hydrogen-bond donors (Lipinski definition) is 3. The van der Waals surface area contributed by atoms with Crippen LogP contribution in [0.15, 0.2) is 18.7 Å². The number of carboxylic acid groups (broad SMARTS) is 1. The van der Waals surface area contributed by atoms with Crippen LogP contribution >= 0.6 is 0 Å². The number of imidazole rings is 1. The first-order chi connectivity index (χ1) is 8.27. The first-order valence-electron chi connectivity index (χ1n) is 5.30. The highest BCUT2D eigenvalue weighted by molar-refractivity contribution is 6.12. The van der Waals surface area contributed by atoms with Crippen molar-refractivity contribution in [1.82, 2.24) is 19.9 Å². The Balaban J connectivity index is 0.000000514. The molecule has 17 heavy (non-hydrogen) atoms. The number of pyridine rings is 1. The van der Waals surface area contributed by atoms with Crippen molar-refractivity contribution in [3.05, 3.63) is 24.3 Å². The van der Waals surface area contributed by atoms with E-state index < -0.39 is 5.97 Å². The Morgan fingerprint density at radius 3 is 2.76 bits per heavy atom. The zero-order valence-electron chi connectivity index (χ0n) is 9.48. The van der Waals surface area contributed by atoms with Crippen LogP contribution in [0.2, 0.25) is 0 Å². The topological polar surface area (TPSA) is 94.7 Å². The lowest BCUT2D eigenvalue weighted by Crippen LogP contribution is -1.94. The molecule has 3 aromatic heterocycles. The highest BCUT2D eigenvalue weighted by atomic mass is 16.4. The van der Waals surface area contributed by atoms with Crippen LogP contribution in [0.5, 0.6) is 0 Å². The number of aromatic amines is 2. The van der Waals surface area contributed by atoms with E-state index in [4.69, 9.17) is 5.11 Å². The monoisotopic (exact) mass is 232 g/mol. The van der Waals surface area contributed by atoms with E-state index in [2.05, 4.69) is 19.9 Å². The minimum absolute atomic E-state index is 0.190. The maximum Gasteiger partial charge on any atom is 0.338 e. The number of rotatable bonds is 1. The minimum Gasteiger partial charge on any atom is -0.478 e.